The molecule has 0 spiro atoms. The molecule has 0 atom stereocenters. The van der Waals surface area contributed by atoms with Gasteiger partial charge in [0.1, 0.15) is 5.82 Å². The highest BCUT2D eigenvalue weighted by Gasteiger charge is 2.08. The summed E-state index contributed by atoms with van der Waals surface area (Å²) in [7, 11) is 0. The van der Waals surface area contributed by atoms with E-state index in [1.807, 2.05) is 30.3 Å². The number of halogens is 1. The molecule has 0 aliphatic carbocycles. The van der Waals surface area contributed by atoms with Gasteiger partial charge >= 0.3 is 0 Å². The van der Waals surface area contributed by atoms with E-state index < -0.39 is 11.7 Å². The van der Waals surface area contributed by atoms with Crippen molar-refractivity contribution >= 4 is 11.6 Å². The van der Waals surface area contributed by atoms with Crippen molar-refractivity contribution in [3.63, 3.8) is 0 Å². The predicted octanol–water partition coefficient (Wildman–Crippen LogP) is 3.54. The Balaban J connectivity index is 1.75. The first-order chi connectivity index (χ1) is 10.7. The number of anilines is 1. The molecule has 0 aliphatic heterocycles. The lowest BCUT2D eigenvalue weighted by atomic mass is 10.2. The van der Waals surface area contributed by atoms with Crippen molar-refractivity contribution in [2.24, 2.45) is 0 Å². The summed E-state index contributed by atoms with van der Waals surface area (Å²) < 4.78 is 13.1. The van der Waals surface area contributed by atoms with Crippen molar-refractivity contribution in [2.75, 3.05) is 5.32 Å². The third-order valence-corrected chi connectivity index (χ3v) is 3.03. The molecule has 0 bridgehead atoms. The van der Waals surface area contributed by atoms with Crippen molar-refractivity contribution in [3.8, 4) is 11.4 Å². The summed E-state index contributed by atoms with van der Waals surface area (Å²) in [6.45, 7) is 0. The van der Waals surface area contributed by atoms with Crippen LogP contribution in [0.5, 0.6) is 0 Å². The van der Waals surface area contributed by atoms with Crippen LogP contribution in [0, 0.1) is 5.82 Å². The molecular weight excluding hydrogens is 281 g/mol. The van der Waals surface area contributed by atoms with Crippen LogP contribution in [0.1, 0.15) is 10.4 Å². The molecule has 5 heteroatoms. The molecule has 3 aromatic rings. The molecule has 1 aromatic heterocycles. The second-order valence-corrected chi connectivity index (χ2v) is 4.63. The second-order valence-electron chi connectivity index (χ2n) is 4.63. The van der Waals surface area contributed by atoms with Gasteiger partial charge in [-0.3, -0.25) is 4.79 Å². The van der Waals surface area contributed by atoms with Gasteiger partial charge in [-0.25, -0.2) is 14.4 Å². The molecule has 108 valence electrons. The number of rotatable bonds is 3. The lowest BCUT2D eigenvalue weighted by Crippen LogP contribution is -2.12. The summed E-state index contributed by atoms with van der Waals surface area (Å²) in [5.41, 5.74) is 1.59. The summed E-state index contributed by atoms with van der Waals surface area (Å²) in [6.07, 6.45) is 3.04. The lowest BCUT2D eigenvalue weighted by molar-refractivity contribution is 0.102. The van der Waals surface area contributed by atoms with Crippen LogP contribution in [-0.2, 0) is 0 Å². The van der Waals surface area contributed by atoms with Crippen molar-refractivity contribution in [3.05, 3.63) is 78.4 Å². The number of carbonyl (C=O) groups excluding carboxylic acids is 1. The zero-order valence-electron chi connectivity index (χ0n) is 11.5. The Bertz CT molecular complexity index is 789. The molecule has 0 radical (unpaired) electrons. The van der Waals surface area contributed by atoms with Crippen LogP contribution in [0.3, 0.4) is 0 Å². The zero-order valence-corrected chi connectivity index (χ0v) is 11.5. The number of carbonyl (C=O) groups is 1. The van der Waals surface area contributed by atoms with Gasteiger partial charge in [0.05, 0.1) is 18.1 Å². The Morgan fingerprint density at radius 2 is 1.68 bits per heavy atom. The smallest absolute Gasteiger partial charge is 0.255 e. The standard InChI is InChI=1S/C17H12FN3O/c18-14-8-4-7-13(9-14)17(22)21-15-10-19-16(20-11-15)12-5-2-1-3-6-12/h1-11H,(H,21,22). The summed E-state index contributed by atoms with van der Waals surface area (Å²) >= 11 is 0. The topological polar surface area (TPSA) is 54.9 Å². The molecule has 1 N–H and O–H groups in total. The quantitative estimate of drug-likeness (QED) is 0.803. The number of nitrogens with one attached hydrogen (secondary N) is 1. The largest absolute Gasteiger partial charge is 0.319 e. The maximum Gasteiger partial charge on any atom is 0.255 e. The minimum Gasteiger partial charge on any atom is -0.319 e. The highest BCUT2D eigenvalue weighted by molar-refractivity contribution is 6.04. The number of aromatic nitrogens is 2. The van der Waals surface area contributed by atoms with E-state index in [9.17, 15) is 9.18 Å². The van der Waals surface area contributed by atoms with Crippen LogP contribution in [0.25, 0.3) is 11.4 Å². The fraction of sp³-hybridized carbons (Fsp3) is 0. The Labute approximate surface area is 126 Å². The molecular formula is C17H12FN3O. The molecule has 0 fully saturated rings. The highest BCUT2D eigenvalue weighted by Crippen LogP contribution is 2.15. The van der Waals surface area contributed by atoms with Crippen molar-refractivity contribution < 1.29 is 9.18 Å². The van der Waals surface area contributed by atoms with Gasteiger partial charge in [-0.15, -0.1) is 0 Å². The fourth-order valence-corrected chi connectivity index (χ4v) is 1.96. The number of nitrogens with zero attached hydrogens (tertiary/aromatic N) is 2. The maximum atomic E-state index is 13.1. The van der Waals surface area contributed by atoms with Crippen LogP contribution in [0.2, 0.25) is 0 Å². The van der Waals surface area contributed by atoms with E-state index >= 15 is 0 Å². The van der Waals surface area contributed by atoms with Crippen LogP contribution in [-0.4, -0.2) is 15.9 Å². The SMILES string of the molecule is O=C(Nc1cnc(-c2ccccc2)nc1)c1cccc(F)c1. The number of hydrogen-bond donors (Lipinski definition) is 1. The summed E-state index contributed by atoms with van der Waals surface area (Å²) in [6, 6.07) is 15.0. The van der Waals surface area contributed by atoms with Crippen LogP contribution < -0.4 is 5.32 Å². The fourth-order valence-electron chi connectivity index (χ4n) is 1.96. The van der Waals surface area contributed by atoms with E-state index in [1.54, 1.807) is 0 Å². The van der Waals surface area contributed by atoms with E-state index in [4.69, 9.17) is 0 Å². The number of amides is 1. The first kappa shape index (κ1) is 13.9. The van der Waals surface area contributed by atoms with Gasteiger partial charge in [-0.05, 0) is 18.2 Å². The summed E-state index contributed by atoms with van der Waals surface area (Å²) in [5.74, 6) is -0.289. The first-order valence-corrected chi connectivity index (χ1v) is 6.67. The van der Waals surface area contributed by atoms with Gasteiger partial charge in [-0.2, -0.15) is 0 Å². The predicted molar refractivity (Wildman–Crippen MR) is 81.8 cm³/mol. The average molecular weight is 293 g/mol. The van der Waals surface area contributed by atoms with E-state index in [0.717, 1.165) is 5.56 Å². The van der Waals surface area contributed by atoms with E-state index in [0.29, 0.717) is 11.5 Å². The Morgan fingerprint density at radius 3 is 2.36 bits per heavy atom. The molecule has 0 unspecified atom stereocenters. The Morgan fingerprint density at radius 1 is 0.955 bits per heavy atom. The maximum absolute atomic E-state index is 13.1. The molecule has 0 aliphatic rings. The molecule has 0 saturated heterocycles. The van der Waals surface area contributed by atoms with E-state index in [1.165, 1.54) is 36.7 Å². The Kier molecular flexibility index (Phi) is 3.87. The minimum atomic E-state index is -0.455. The highest BCUT2D eigenvalue weighted by atomic mass is 19.1. The van der Waals surface area contributed by atoms with Crippen LogP contribution >= 0.6 is 0 Å². The third-order valence-electron chi connectivity index (χ3n) is 3.03. The van der Waals surface area contributed by atoms with E-state index in [2.05, 4.69) is 15.3 Å². The molecule has 3 rings (SSSR count). The average Bonchev–Trinajstić information content (AvgIpc) is 2.56. The molecule has 1 heterocycles. The third kappa shape index (κ3) is 3.15. The second kappa shape index (κ2) is 6.13. The van der Waals surface area contributed by atoms with Gasteiger partial charge in [0, 0.05) is 11.1 Å². The van der Waals surface area contributed by atoms with E-state index in [-0.39, 0.29) is 5.56 Å². The molecule has 0 saturated carbocycles. The Hall–Kier alpha value is -3.08. The first-order valence-electron chi connectivity index (χ1n) is 6.67. The molecule has 4 nitrogen and oxygen atoms in total. The zero-order chi connectivity index (χ0) is 15.4. The van der Waals surface area contributed by atoms with Crippen LogP contribution in [0.4, 0.5) is 10.1 Å². The molecule has 22 heavy (non-hydrogen) atoms. The van der Waals surface area contributed by atoms with Crippen molar-refractivity contribution in [1.82, 2.24) is 9.97 Å². The van der Waals surface area contributed by atoms with Gasteiger partial charge in [-0.1, -0.05) is 36.4 Å². The van der Waals surface area contributed by atoms with Gasteiger partial charge in [0.2, 0.25) is 0 Å². The van der Waals surface area contributed by atoms with Crippen LogP contribution in [0.15, 0.2) is 67.0 Å². The number of benzene rings is 2. The van der Waals surface area contributed by atoms with Gasteiger partial charge in [0.15, 0.2) is 5.82 Å². The monoisotopic (exact) mass is 293 g/mol. The normalized spacial score (nSPS) is 10.2. The van der Waals surface area contributed by atoms with Crippen molar-refractivity contribution in [1.29, 1.82) is 0 Å². The van der Waals surface area contributed by atoms with Gasteiger partial charge < -0.3 is 5.32 Å². The van der Waals surface area contributed by atoms with Crippen molar-refractivity contribution in [2.45, 2.75) is 0 Å². The molecule has 1 amide bonds. The summed E-state index contributed by atoms with van der Waals surface area (Å²) in [5, 5.41) is 2.63. The minimum absolute atomic E-state index is 0.243. The lowest BCUT2D eigenvalue weighted by Gasteiger charge is -2.05. The summed E-state index contributed by atoms with van der Waals surface area (Å²) in [4.78, 5) is 20.4. The van der Waals surface area contributed by atoms with Gasteiger partial charge in [0.25, 0.3) is 5.91 Å². The number of hydrogen-bond acceptors (Lipinski definition) is 3. The molecule has 2 aromatic carbocycles.